The highest BCUT2D eigenvalue weighted by Crippen LogP contribution is 2.22. The molecule has 4 heteroatoms. The first kappa shape index (κ1) is 13.9. The number of hydrogen-bond donors (Lipinski definition) is 0. The van der Waals surface area contributed by atoms with E-state index < -0.39 is 0 Å². The lowest BCUT2D eigenvalue weighted by Crippen LogP contribution is -3.00. The third kappa shape index (κ3) is 3.24. The SMILES string of the molecule is CC[N+]1(C)CCCC(C(=O)OC)C1.[Br-]. The summed E-state index contributed by atoms with van der Waals surface area (Å²) < 4.78 is 5.79. The fourth-order valence-electron chi connectivity index (χ4n) is 2.08. The van der Waals surface area contributed by atoms with Crippen molar-refractivity contribution in [2.24, 2.45) is 5.92 Å². The Bertz CT molecular complexity index is 199. The molecule has 1 aliphatic rings. The second-order valence-electron chi connectivity index (χ2n) is 4.20. The van der Waals surface area contributed by atoms with Crippen molar-refractivity contribution in [1.82, 2.24) is 0 Å². The maximum atomic E-state index is 11.3. The van der Waals surface area contributed by atoms with Gasteiger partial charge in [-0.25, -0.2) is 0 Å². The maximum Gasteiger partial charge on any atom is 0.314 e. The second-order valence-corrected chi connectivity index (χ2v) is 4.20. The average molecular weight is 266 g/mol. The highest BCUT2D eigenvalue weighted by atomic mass is 79.9. The van der Waals surface area contributed by atoms with Crippen LogP contribution in [0.25, 0.3) is 0 Å². The van der Waals surface area contributed by atoms with E-state index in [1.165, 1.54) is 13.7 Å². The van der Waals surface area contributed by atoms with Crippen molar-refractivity contribution >= 4 is 5.97 Å². The molecule has 0 aromatic carbocycles. The van der Waals surface area contributed by atoms with E-state index in [-0.39, 0.29) is 28.9 Å². The van der Waals surface area contributed by atoms with Crippen molar-refractivity contribution < 1.29 is 31.0 Å². The number of rotatable bonds is 2. The molecule has 3 nitrogen and oxygen atoms in total. The third-order valence-electron chi connectivity index (χ3n) is 3.21. The van der Waals surface area contributed by atoms with E-state index in [9.17, 15) is 4.79 Å². The molecule has 0 N–H and O–H groups in total. The van der Waals surface area contributed by atoms with Crippen LogP contribution in [0, 0.1) is 5.92 Å². The number of carbonyl (C=O) groups excluding carboxylic acids is 1. The number of ether oxygens (including phenoxy) is 1. The lowest BCUT2D eigenvalue weighted by molar-refractivity contribution is -0.914. The smallest absolute Gasteiger partial charge is 0.314 e. The standard InChI is InChI=1S/C10H20NO2.BrH/c1-4-11(2)7-5-6-9(8-11)10(12)13-3;/h9H,4-8H2,1-3H3;1H/q+1;/p-1. The Morgan fingerprint density at radius 2 is 2.21 bits per heavy atom. The molecule has 0 spiro atoms. The summed E-state index contributed by atoms with van der Waals surface area (Å²) in [6.45, 7) is 5.43. The summed E-state index contributed by atoms with van der Waals surface area (Å²) in [7, 11) is 3.70. The lowest BCUT2D eigenvalue weighted by Gasteiger charge is -2.39. The first-order valence-corrected chi connectivity index (χ1v) is 5.02. The van der Waals surface area contributed by atoms with Crippen LogP contribution in [0.15, 0.2) is 0 Å². The van der Waals surface area contributed by atoms with E-state index in [2.05, 4.69) is 14.0 Å². The molecule has 0 radical (unpaired) electrons. The minimum Gasteiger partial charge on any atom is -1.00 e. The number of esters is 1. The fraction of sp³-hybridized carbons (Fsp3) is 0.900. The van der Waals surface area contributed by atoms with Crippen molar-refractivity contribution in [3.8, 4) is 0 Å². The Morgan fingerprint density at radius 3 is 2.71 bits per heavy atom. The molecular formula is C10H20BrNO2. The summed E-state index contributed by atoms with van der Waals surface area (Å²) in [6, 6.07) is 0. The van der Waals surface area contributed by atoms with Crippen LogP contribution in [0.2, 0.25) is 0 Å². The van der Waals surface area contributed by atoms with E-state index >= 15 is 0 Å². The van der Waals surface area contributed by atoms with Crippen LogP contribution in [0.4, 0.5) is 0 Å². The fourth-order valence-corrected chi connectivity index (χ4v) is 2.08. The minimum absolute atomic E-state index is 0. The predicted octanol–water partition coefficient (Wildman–Crippen LogP) is -1.96. The van der Waals surface area contributed by atoms with Crippen LogP contribution in [0.5, 0.6) is 0 Å². The monoisotopic (exact) mass is 265 g/mol. The molecule has 0 aromatic rings. The zero-order chi connectivity index (χ0) is 9.90. The van der Waals surface area contributed by atoms with Gasteiger partial charge in [-0.1, -0.05) is 0 Å². The van der Waals surface area contributed by atoms with E-state index in [0.717, 1.165) is 30.4 Å². The summed E-state index contributed by atoms with van der Waals surface area (Å²) in [5.41, 5.74) is 0. The molecule has 1 heterocycles. The molecule has 0 aromatic heterocycles. The molecule has 0 amide bonds. The lowest BCUT2D eigenvalue weighted by atomic mass is 9.96. The number of carbonyl (C=O) groups is 1. The molecule has 1 rings (SSSR count). The second kappa shape index (κ2) is 5.71. The van der Waals surface area contributed by atoms with Gasteiger partial charge >= 0.3 is 5.97 Å². The van der Waals surface area contributed by atoms with E-state index in [1.54, 1.807) is 0 Å². The Hall–Kier alpha value is -0.0900. The van der Waals surface area contributed by atoms with Gasteiger partial charge in [0.1, 0.15) is 5.92 Å². The van der Waals surface area contributed by atoms with Crippen molar-refractivity contribution in [2.75, 3.05) is 33.8 Å². The van der Waals surface area contributed by atoms with Gasteiger partial charge in [0, 0.05) is 0 Å². The molecule has 0 saturated carbocycles. The Morgan fingerprint density at radius 1 is 1.57 bits per heavy atom. The van der Waals surface area contributed by atoms with Gasteiger partial charge in [0.15, 0.2) is 0 Å². The summed E-state index contributed by atoms with van der Waals surface area (Å²) in [4.78, 5) is 11.3. The van der Waals surface area contributed by atoms with E-state index in [1.807, 2.05) is 0 Å². The summed E-state index contributed by atoms with van der Waals surface area (Å²) in [5, 5.41) is 0. The van der Waals surface area contributed by atoms with Gasteiger partial charge in [0.05, 0.1) is 33.8 Å². The molecule has 1 saturated heterocycles. The zero-order valence-electron chi connectivity index (χ0n) is 9.25. The molecule has 0 aliphatic carbocycles. The topological polar surface area (TPSA) is 26.3 Å². The first-order chi connectivity index (χ1) is 6.11. The number of hydrogen-bond acceptors (Lipinski definition) is 2. The maximum absolute atomic E-state index is 11.3. The predicted molar refractivity (Wildman–Crippen MR) is 51.2 cm³/mol. The molecule has 2 unspecified atom stereocenters. The number of halogens is 1. The van der Waals surface area contributed by atoms with Gasteiger partial charge in [-0.15, -0.1) is 0 Å². The van der Waals surface area contributed by atoms with Crippen LogP contribution < -0.4 is 17.0 Å². The van der Waals surface area contributed by atoms with Crippen LogP contribution in [0.3, 0.4) is 0 Å². The molecule has 0 bridgehead atoms. The van der Waals surface area contributed by atoms with Crippen LogP contribution in [0.1, 0.15) is 19.8 Å². The Balaban J connectivity index is 0.00000169. The first-order valence-electron chi connectivity index (χ1n) is 5.02. The highest BCUT2D eigenvalue weighted by molar-refractivity contribution is 5.72. The van der Waals surface area contributed by atoms with Crippen LogP contribution in [-0.2, 0) is 9.53 Å². The molecule has 84 valence electrons. The van der Waals surface area contributed by atoms with Crippen molar-refractivity contribution in [3.05, 3.63) is 0 Å². The van der Waals surface area contributed by atoms with Crippen molar-refractivity contribution in [1.29, 1.82) is 0 Å². The zero-order valence-corrected chi connectivity index (χ0v) is 10.8. The highest BCUT2D eigenvalue weighted by Gasteiger charge is 2.34. The largest absolute Gasteiger partial charge is 1.00 e. The number of quaternary nitrogens is 1. The molecular weight excluding hydrogens is 246 g/mol. The van der Waals surface area contributed by atoms with Gasteiger partial charge in [-0.3, -0.25) is 4.79 Å². The number of likely N-dealkylation sites (tertiary alicyclic amines) is 1. The summed E-state index contributed by atoms with van der Waals surface area (Å²) in [6.07, 6.45) is 2.14. The normalized spacial score (nSPS) is 31.8. The van der Waals surface area contributed by atoms with Crippen molar-refractivity contribution in [3.63, 3.8) is 0 Å². The van der Waals surface area contributed by atoms with Gasteiger partial charge in [0.25, 0.3) is 0 Å². The number of methoxy groups -OCH3 is 1. The van der Waals surface area contributed by atoms with E-state index in [4.69, 9.17) is 4.74 Å². The van der Waals surface area contributed by atoms with Crippen molar-refractivity contribution in [2.45, 2.75) is 19.8 Å². The quantitative estimate of drug-likeness (QED) is 0.428. The summed E-state index contributed by atoms with van der Waals surface area (Å²) in [5.74, 6) is 0.0983. The summed E-state index contributed by atoms with van der Waals surface area (Å²) >= 11 is 0. The van der Waals surface area contributed by atoms with Gasteiger partial charge in [-0.2, -0.15) is 0 Å². The number of piperidine rings is 1. The van der Waals surface area contributed by atoms with E-state index in [0.29, 0.717) is 0 Å². The average Bonchev–Trinajstić information content (AvgIpc) is 2.17. The number of nitrogens with zero attached hydrogens (tertiary/aromatic N) is 1. The molecule has 14 heavy (non-hydrogen) atoms. The Kier molecular flexibility index (Phi) is 5.67. The Labute approximate surface area is 96.8 Å². The van der Waals surface area contributed by atoms with Gasteiger partial charge in [-0.05, 0) is 19.8 Å². The van der Waals surface area contributed by atoms with Gasteiger partial charge < -0.3 is 26.2 Å². The van der Waals surface area contributed by atoms with Crippen LogP contribution >= 0.6 is 0 Å². The molecule has 1 aliphatic heterocycles. The molecule has 2 atom stereocenters. The van der Waals surface area contributed by atoms with Gasteiger partial charge in [0.2, 0.25) is 0 Å². The third-order valence-corrected chi connectivity index (χ3v) is 3.21. The molecule has 1 fully saturated rings. The van der Waals surface area contributed by atoms with Crippen LogP contribution in [-0.4, -0.2) is 44.2 Å². The minimum atomic E-state index is -0.0301.